The van der Waals surface area contributed by atoms with Crippen molar-refractivity contribution in [1.29, 1.82) is 0 Å². The van der Waals surface area contributed by atoms with Crippen molar-refractivity contribution in [2.45, 2.75) is 16.7 Å². The predicted molar refractivity (Wildman–Crippen MR) is 109 cm³/mol. The van der Waals surface area contributed by atoms with Crippen molar-refractivity contribution in [3.8, 4) is 0 Å². The average Bonchev–Trinajstić information content (AvgIpc) is 2.61. The van der Waals surface area contributed by atoms with Gasteiger partial charge >= 0.3 is 0 Å². The molecule has 0 fully saturated rings. The fourth-order valence-corrected chi connectivity index (χ4v) is 4.11. The maximum absolute atomic E-state index is 12.0. The molecule has 0 aliphatic rings. The van der Waals surface area contributed by atoms with E-state index in [1.165, 1.54) is 11.9 Å². The molecule has 134 valence electrons. The summed E-state index contributed by atoms with van der Waals surface area (Å²) in [5.74, 6) is 0.874. The summed E-state index contributed by atoms with van der Waals surface area (Å²) in [5.41, 5.74) is 1.31. The molecule has 0 aliphatic carbocycles. The van der Waals surface area contributed by atoms with Gasteiger partial charge in [-0.3, -0.25) is 0 Å². The van der Waals surface area contributed by atoms with Crippen LogP contribution in [0, 0.1) is 6.92 Å². The summed E-state index contributed by atoms with van der Waals surface area (Å²) in [6.45, 7) is 2.46. The number of nitrogens with one attached hydrogen (secondary N) is 3. The Bertz CT molecular complexity index is 824. The zero-order valence-electron chi connectivity index (χ0n) is 14.1. The lowest BCUT2D eigenvalue weighted by atomic mass is 10.2. The number of thioether (sulfide) groups is 1. The van der Waals surface area contributed by atoms with Crippen LogP contribution in [0.1, 0.15) is 5.56 Å². The summed E-state index contributed by atoms with van der Waals surface area (Å²) < 4.78 is 26.4. The normalized spacial score (nSPS) is 11.1. The predicted octanol–water partition coefficient (Wildman–Crippen LogP) is 2.98. The fraction of sp³-hybridized carbons (Fsp3) is 0.235. The van der Waals surface area contributed by atoms with Gasteiger partial charge in [0.25, 0.3) is 0 Å². The molecule has 0 aliphatic heterocycles. The quantitative estimate of drug-likeness (QED) is 0.380. The molecule has 0 radical (unpaired) electrons. The zero-order valence-corrected chi connectivity index (χ0v) is 16.5. The summed E-state index contributed by atoms with van der Waals surface area (Å²) in [6, 6.07) is 15.3. The van der Waals surface area contributed by atoms with Crippen LogP contribution < -0.4 is 15.4 Å². The highest BCUT2D eigenvalue weighted by atomic mass is 32.2. The largest absolute Gasteiger partial charge is 0.362 e. The highest BCUT2D eigenvalue weighted by Gasteiger charge is 2.15. The van der Waals surface area contributed by atoms with Crippen LogP contribution in [0.4, 0.5) is 5.69 Å². The van der Waals surface area contributed by atoms with Gasteiger partial charge in [-0.1, -0.05) is 24.3 Å². The molecule has 8 heteroatoms. The molecule has 0 bridgehead atoms. The van der Waals surface area contributed by atoms with Crippen molar-refractivity contribution in [2.75, 3.05) is 24.7 Å². The first-order valence-electron chi connectivity index (χ1n) is 7.69. The van der Waals surface area contributed by atoms with Crippen molar-refractivity contribution in [1.82, 2.24) is 10.0 Å². The van der Waals surface area contributed by atoms with Gasteiger partial charge in [0, 0.05) is 22.9 Å². The van der Waals surface area contributed by atoms with Crippen molar-refractivity contribution in [3.63, 3.8) is 0 Å². The molecule has 0 heterocycles. The summed E-state index contributed by atoms with van der Waals surface area (Å²) in [6.07, 6.45) is 0. The van der Waals surface area contributed by atoms with Crippen LogP contribution in [-0.4, -0.2) is 32.9 Å². The molecule has 2 aromatic carbocycles. The van der Waals surface area contributed by atoms with Crippen LogP contribution in [0.5, 0.6) is 0 Å². The lowest BCUT2D eigenvalue weighted by Gasteiger charge is -2.13. The maximum Gasteiger partial charge on any atom is 0.240 e. The molecule has 2 rings (SSSR count). The Morgan fingerprint density at radius 3 is 2.56 bits per heavy atom. The van der Waals surface area contributed by atoms with E-state index >= 15 is 0 Å². The molecular formula is C17H21N3O2S3. The van der Waals surface area contributed by atoms with Crippen LogP contribution in [-0.2, 0) is 10.0 Å². The third-order valence-corrected chi connectivity index (χ3v) is 6.22. The van der Waals surface area contributed by atoms with Gasteiger partial charge in [0.05, 0.1) is 4.90 Å². The number of aryl methyl sites for hydroxylation is 1. The number of benzene rings is 2. The molecule has 25 heavy (non-hydrogen) atoms. The van der Waals surface area contributed by atoms with Gasteiger partial charge in [-0.15, -0.1) is 11.8 Å². The monoisotopic (exact) mass is 395 g/mol. The molecule has 0 spiro atoms. The number of hydrogen-bond acceptors (Lipinski definition) is 4. The Labute approximate surface area is 158 Å². The minimum absolute atomic E-state index is 0.238. The van der Waals surface area contributed by atoms with E-state index in [4.69, 9.17) is 12.2 Å². The van der Waals surface area contributed by atoms with E-state index < -0.39 is 10.0 Å². The minimum atomic E-state index is -3.50. The second kappa shape index (κ2) is 9.19. The molecule has 0 amide bonds. The molecule has 2 aromatic rings. The highest BCUT2D eigenvalue weighted by Crippen LogP contribution is 2.20. The van der Waals surface area contributed by atoms with Crippen molar-refractivity contribution in [2.24, 2.45) is 0 Å². The lowest BCUT2D eigenvalue weighted by Crippen LogP contribution is -2.30. The van der Waals surface area contributed by atoms with Gasteiger partial charge in [0.1, 0.15) is 0 Å². The molecule has 0 atom stereocenters. The van der Waals surface area contributed by atoms with Gasteiger partial charge in [0.15, 0.2) is 5.11 Å². The highest BCUT2D eigenvalue weighted by molar-refractivity contribution is 7.99. The molecule has 3 N–H and O–H groups in total. The number of anilines is 1. The first-order valence-corrected chi connectivity index (χ1v) is 10.6. The fourth-order valence-electron chi connectivity index (χ4n) is 2.10. The topological polar surface area (TPSA) is 70.2 Å². The Balaban J connectivity index is 1.87. The van der Waals surface area contributed by atoms with E-state index in [1.54, 1.807) is 36.9 Å². The van der Waals surface area contributed by atoms with E-state index in [1.807, 2.05) is 18.2 Å². The Morgan fingerprint density at radius 2 is 1.88 bits per heavy atom. The maximum atomic E-state index is 12.0. The summed E-state index contributed by atoms with van der Waals surface area (Å²) in [7, 11) is -2.10. The Hall–Kier alpha value is -1.61. The second-order valence-corrected chi connectivity index (χ2v) is 8.66. The standard InChI is InChI=1S/C17H21N3O2S3/c1-13-8-9-14(12-16(13)25(21,22)18-2)20-17(23)19-10-11-24-15-6-4-3-5-7-15/h3-9,12,18H,10-11H2,1-2H3,(H2,19,20,23). The molecular weight excluding hydrogens is 374 g/mol. The lowest BCUT2D eigenvalue weighted by molar-refractivity contribution is 0.587. The summed E-state index contributed by atoms with van der Waals surface area (Å²) in [4.78, 5) is 1.45. The number of hydrogen-bond donors (Lipinski definition) is 3. The number of thiocarbonyl (C=S) groups is 1. The molecule has 5 nitrogen and oxygen atoms in total. The first kappa shape index (κ1) is 19.7. The molecule has 0 unspecified atom stereocenters. The SMILES string of the molecule is CNS(=O)(=O)c1cc(NC(=S)NCCSc2ccccc2)ccc1C. The van der Waals surface area contributed by atoms with E-state index in [2.05, 4.69) is 27.5 Å². The van der Waals surface area contributed by atoms with Gasteiger partial charge in [-0.05, 0) is 56.0 Å². The second-order valence-electron chi connectivity index (χ2n) is 5.23. The van der Waals surface area contributed by atoms with E-state index in [0.717, 1.165) is 5.75 Å². The van der Waals surface area contributed by atoms with Crippen LogP contribution in [0.15, 0.2) is 58.3 Å². The molecule has 0 aromatic heterocycles. The summed E-state index contributed by atoms with van der Waals surface area (Å²) in [5, 5.41) is 6.61. The van der Waals surface area contributed by atoms with Gasteiger partial charge in [-0.25, -0.2) is 13.1 Å². The third-order valence-electron chi connectivity index (χ3n) is 3.40. The number of rotatable bonds is 7. The molecule has 0 saturated carbocycles. The summed E-state index contributed by atoms with van der Waals surface area (Å²) >= 11 is 7.01. The minimum Gasteiger partial charge on any atom is -0.362 e. The zero-order chi connectivity index (χ0) is 18.3. The molecule has 0 saturated heterocycles. The smallest absolute Gasteiger partial charge is 0.240 e. The van der Waals surface area contributed by atoms with Gasteiger partial charge in [0.2, 0.25) is 10.0 Å². The van der Waals surface area contributed by atoms with E-state index in [0.29, 0.717) is 22.9 Å². The Morgan fingerprint density at radius 1 is 1.16 bits per heavy atom. The van der Waals surface area contributed by atoms with Gasteiger partial charge < -0.3 is 10.6 Å². The Kier molecular flexibility index (Phi) is 7.24. The van der Waals surface area contributed by atoms with E-state index in [9.17, 15) is 8.42 Å². The van der Waals surface area contributed by atoms with Crippen molar-refractivity contribution < 1.29 is 8.42 Å². The third kappa shape index (κ3) is 6.00. The van der Waals surface area contributed by atoms with Crippen LogP contribution in [0.3, 0.4) is 0 Å². The van der Waals surface area contributed by atoms with Crippen molar-refractivity contribution in [3.05, 3.63) is 54.1 Å². The van der Waals surface area contributed by atoms with E-state index in [-0.39, 0.29) is 4.90 Å². The number of sulfonamides is 1. The van der Waals surface area contributed by atoms with Crippen LogP contribution >= 0.6 is 24.0 Å². The first-order chi connectivity index (χ1) is 11.9. The average molecular weight is 396 g/mol. The van der Waals surface area contributed by atoms with Crippen LogP contribution in [0.2, 0.25) is 0 Å². The van der Waals surface area contributed by atoms with Crippen molar-refractivity contribution >= 4 is 44.8 Å². The van der Waals surface area contributed by atoms with Gasteiger partial charge in [-0.2, -0.15) is 0 Å². The van der Waals surface area contributed by atoms with Crippen LogP contribution in [0.25, 0.3) is 0 Å².